The van der Waals surface area contributed by atoms with Crippen LogP contribution < -0.4 is 15.0 Å². The Morgan fingerprint density at radius 1 is 1.15 bits per heavy atom. The molecule has 1 saturated carbocycles. The Hall–Kier alpha value is -2.91. The third-order valence-electron chi connectivity index (χ3n) is 5.95. The quantitative estimate of drug-likeness (QED) is 0.639. The van der Waals surface area contributed by atoms with Gasteiger partial charge in [0.2, 0.25) is 21.8 Å². The van der Waals surface area contributed by atoms with Gasteiger partial charge in [-0.15, -0.1) is 0 Å². The maximum absolute atomic E-state index is 13.1. The van der Waals surface area contributed by atoms with Crippen LogP contribution in [-0.2, 0) is 26.0 Å². The summed E-state index contributed by atoms with van der Waals surface area (Å²) in [4.78, 5) is 27.0. The average molecular weight is 472 g/mol. The lowest BCUT2D eigenvalue weighted by atomic mass is 10.1. The number of rotatable bonds is 8. The zero-order valence-electron chi connectivity index (χ0n) is 19.1. The molecule has 2 aromatic rings. The van der Waals surface area contributed by atoms with Gasteiger partial charge in [-0.1, -0.05) is 0 Å². The van der Waals surface area contributed by atoms with Crippen molar-refractivity contribution in [2.45, 2.75) is 44.0 Å². The highest BCUT2D eigenvalue weighted by Gasteiger charge is 2.40. The molecule has 1 atom stereocenters. The first-order chi connectivity index (χ1) is 15.7. The smallest absolute Gasteiger partial charge is 0.243 e. The molecule has 2 aliphatic rings. The van der Waals surface area contributed by atoms with Gasteiger partial charge in [-0.05, 0) is 81.1 Å². The van der Waals surface area contributed by atoms with Crippen LogP contribution in [0, 0.1) is 5.92 Å². The second kappa shape index (κ2) is 9.15. The van der Waals surface area contributed by atoms with Gasteiger partial charge in [0.25, 0.3) is 0 Å². The third-order valence-corrected chi connectivity index (χ3v) is 7.75. The molecule has 1 aliphatic heterocycles. The molecule has 0 radical (unpaired) electrons. The highest BCUT2D eigenvalue weighted by molar-refractivity contribution is 7.89. The average Bonchev–Trinajstić information content (AvgIpc) is 3.56. The van der Waals surface area contributed by atoms with E-state index in [1.54, 1.807) is 41.3 Å². The number of likely N-dealkylation sites (N-methyl/N-ethyl adjacent to an activating group) is 1. The molecule has 1 N–H and O–H groups in total. The Labute approximate surface area is 194 Å². The zero-order chi connectivity index (χ0) is 23.8. The number of hydrogen-bond donors (Lipinski definition) is 1. The van der Waals surface area contributed by atoms with Gasteiger partial charge in [0, 0.05) is 30.4 Å². The van der Waals surface area contributed by atoms with Crippen LogP contribution in [0.15, 0.2) is 47.4 Å². The van der Waals surface area contributed by atoms with E-state index in [0.717, 1.165) is 28.4 Å². The summed E-state index contributed by atoms with van der Waals surface area (Å²) in [5.74, 6) is 0.474. The first-order valence-electron chi connectivity index (χ1n) is 11.2. The number of ether oxygens (including phenoxy) is 1. The van der Waals surface area contributed by atoms with E-state index >= 15 is 0 Å². The van der Waals surface area contributed by atoms with Gasteiger partial charge in [0.05, 0.1) is 18.0 Å². The van der Waals surface area contributed by atoms with Crippen molar-refractivity contribution in [3.8, 4) is 5.75 Å². The van der Waals surface area contributed by atoms with Crippen molar-refractivity contribution in [1.82, 2.24) is 4.31 Å². The summed E-state index contributed by atoms with van der Waals surface area (Å²) in [5.41, 5.74) is 2.18. The Kier molecular flexibility index (Phi) is 6.45. The minimum atomic E-state index is -3.87. The normalized spacial score (nSPS) is 17.7. The fourth-order valence-corrected chi connectivity index (χ4v) is 5.28. The summed E-state index contributed by atoms with van der Waals surface area (Å²) in [6.07, 6.45) is 2.46. The number of fused-ring (bicyclic) bond motifs is 1. The first kappa shape index (κ1) is 23.3. The van der Waals surface area contributed by atoms with E-state index in [-0.39, 0.29) is 29.3 Å². The molecule has 8 nitrogen and oxygen atoms in total. The predicted molar refractivity (Wildman–Crippen MR) is 126 cm³/mol. The van der Waals surface area contributed by atoms with Gasteiger partial charge in [-0.25, -0.2) is 8.42 Å². The van der Waals surface area contributed by atoms with Crippen molar-refractivity contribution in [3.63, 3.8) is 0 Å². The van der Waals surface area contributed by atoms with Crippen molar-refractivity contribution in [2.24, 2.45) is 5.92 Å². The maximum atomic E-state index is 13.1. The monoisotopic (exact) mass is 471 g/mol. The zero-order valence-corrected chi connectivity index (χ0v) is 19.9. The van der Waals surface area contributed by atoms with Gasteiger partial charge >= 0.3 is 0 Å². The number of carbonyl (C=O) groups is 2. The number of amides is 2. The lowest BCUT2D eigenvalue weighted by Crippen LogP contribution is -2.36. The minimum Gasteiger partial charge on any atom is -0.494 e. The molecular weight excluding hydrogens is 442 g/mol. The number of carbonyl (C=O) groups excluding carboxylic acids is 2. The molecule has 2 amide bonds. The summed E-state index contributed by atoms with van der Waals surface area (Å²) in [5, 5.41) is 2.70. The van der Waals surface area contributed by atoms with Gasteiger partial charge in [-0.3, -0.25) is 9.59 Å². The van der Waals surface area contributed by atoms with E-state index in [9.17, 15) is 18.0 Å². The summed E-state index contributed by atoms with van der Waals surface area (Å²) >= 11 is 0. The molecule has 1 heterocycles. The molecule has 0 saturated heterocycles. The van der Waals surface area contributed by atoms with Crippen molar-refractivity contribution in [1.29, 1.82) is 0 Å². The third kappa shape index (κ3) is 4.89. The number of benzene rings is 2. The van der Waals surface area contributed by atoms with Crippen molar-refractivity contribution in [3.05, 3.63) is 48.0 Å². The first-order valence-corrected chi connectivity index (χ1v) is 12.6. The molecule has 0 spiro atoms. The van der Waals surface area contributed by atoms with Crippen LogP contribution in [0.3, 0.4) is 0 Å². The van der Waals surface area contributed by atoms with E-state index in [4.69, 9.17) is 4.74 Å². The molecule has 4 rings (SSSR count). The Balaban J connectivity index is 1.44. The molecule has 1 fully saturated rings. The molecular formula is C24H29N3O5S. The molecule has 33 heavy (non-hydrogen) atoms. The fraction of sp³-hybridized carbons (Fsp3) is 0.417. The summed E-state index contributed by atoms with van der Waals surface area (Å²) in [7, 11) is -2.49. The Morgan fingerprint density at radius 3 is 2.48 bits per heavy atom. The van der Waals surface area contributed by atoms with Crippen molar-refractivity contribution in [2.75, 3.05) is 30.4 Å². The predicted octanol–water partition coefficient (Wildman–Crippen LogP) is 3.03. The largest absolute Gasteiger partial charge is 0.494 e. The number of sulfonamides is 1. The van der Waals surface area contributed by atoms with Gasteiger partial charge < -0.3 is 15.0 Å². The number of nitrogens with one attached hydrogen (secondary N) is 1. The van der Waals surface area contributed by atoms with Crippen LogP contribution in [-0.4, -0.2) is 50.8 Å². The lowest BCUT2D eigenvalue weighted by Gasteiger charge is -2.23. The van der Waals surface area contributed by atoms with E-state index in [0.29, 0.717) is 24.5 Å². The van der Waals surface area contributed by atoms with E-state index in [1.165, 1.54) is 13.1 Å². The van der Waals surface area contributed by atoms with Crippen LogP contribution >= 0.6 is 0 Å². The summed E-state index contributed by atoms with van der Waals surface area (Å²) in [6, 6.07) is 11.7. The second-order valence-corrected chi connectivity index (χ2v) is 10.6. The van der Waals surface area contributed by atoms with Gasteiger partial charge in [-0.2, -0.15) is 4.31 Å². The molecule has 1 aliphatic carbocycles. The number of anilines is 2. The van der Waals surface area contributed by atoms with Crippen LogP contribution in [0.2, 0.25) is 0 Å². The van der Waals surface area contributed by atoms with Crippen LogP contribution in [0.1, 0.15) is 32.3 Å². The van der Waals surface area contributed by atoms with Gasteiger partial charge in [0.15, 0.2) is 0 Å². The molecule has 0 bridgehead atoms. The SMILES string of the molecule is CCOc1ccc(NC(=O)CN(C)S(=O)(=O)c2ccc3c(c2)C[C@@H](C)N3C(=O)C2CC2)cc1. The van der Waals surface area contributed by atoms with Crippen LogP contribution in [0.25, 0.3) is 0 Å². The molecule has 2 aromatic carbocycles. The van der Waals surface area contributed by atoms with E-state index in [1.807, 2.05) is 13.8 Å². The molecule has 176 valence electrons. The standard InChI is InChI=1S/C24H29N3O5S/c1-4-32-20-9-7-19(8-10-20)25-23(28)15-26(3)33(30,31)21-11-12-22-18(14-21)13-16(2)27(22)24(29)17-5-6-17/h7-12,14,16-17H,4-6,13,15H2,1-3H3,(H,25,28)/t16-/m1/s1. The highest BCUT2D eigenvalue weighted by atomic mass is 32.2. The van der Waals surface area contributed by atoms with Crippen molar-refractivity contribution >= 4 is 33.2 Å². The summed E-state index contributed by atoms with van der Waals surface area (Å²) in [6.45, 7) is 4.09. The van der Waals surface area contributed by atoms with Crippen molar-refractivity contribution < 1.29 is 22.7 Å². The van der Waals surface area contributed by atoms with Crippen LogP contribution in [0.5, 0.6) is 5.75 Å². The Bertz CT molecular complexity index is 1160. The maximum Gasteiger partial charge on any atom is 0.243 e. The molecule has 0 aromatic heterocycles. The lowest BCUT2D eigenvalue weighted by molar-refractivity contribution is -0.120. The topological polar surface area (TPSA) is 96.0 Å². The fourth-order valence-electron chi connectivity index (χ4n) is 4.10. The summed E-state index contributed by atoms with van der Waals surface area (Å²) < 4.78 is 32.6. The molecule has 9 heteroatoms. The molecule has 0 unspecified atom stereocenters. The van der Waals surface area contributed by atoms with E-state index < -0.39 is 15.9 Å². The Morgan fingerprint density at radius 2 is 1.85 bits per heavy atom. The number of nitrogens with zero attached hydrogens (tertiary/aromatic N) is 2. The second-order valence-electron chi connectivity index (χ2n) is 8.59. The van der Waals surface area contributed by atoms with E-state index in [2.05, 4.69) is 5.32 Å². The van der Waals surface area contributed by atoms with Crippen LogP contribution in [0.4, 0.5) is 11.4 Å². The minimum absolute atomic E-state index is 0.00340. The highest BCUT2D eigenvalue weighted by Crippen LogP contribution is 2.39. The van der Waals surface area contributed by atoms with Gasteiger partial charge in [0.1, 0.15) is 5.75 Å². The number of hydrogen-bond acceptors (Lipinski definition) is 5.